The van der Waals surface area contributed by atoms with Gasteiger partial charge in [-0.25, -0.2) is 4.98 Å². The molecule has 0 bridgehead atoms. The van der Waals surface area contributed by atoms with Crippen molar-refractivity contribution in [1.29, 1.82) is 0 Å². The molecule has 0 unspecified atom stereocenters. The van der Waals surface area contributed by atoms with Gasteiger partial charge in [0.1, 0.15) is 0 Å². The quantitative estimate of drug-likeness (QED) is 0.729. The number of fused-ring (bicyclic) bond motifs is 1. The fourth-order valence-electron chi connectivity index (χ4n) is 2.46. The van der Waals surface area contributed by atoms with Crippen LogP contribution in [0.5, 0.6) is 0 Å². The maximum Gasteiger partial charge on any atom is 0.193 e. The second-order valence-electron chi connectivity index (χ2n) is 5.11. The van der Waals surface area contributed by atoms with Gasteiger partial charge in [0.2, 0.25) is 0 Å². The lowest BCUT2D eigenvalue weighted by Gasteiger charge is -2.29. The van der Waals surface area contributed by atoms with Gasteiger partial charge < -0.3 is 10.2 Å². The first-order chi connectivity index (χ1) is 10.2. The van der Waals surface area contributed by atoms with Gasteiger partial charge in [0.05, 0.1) is 18.9 Å². The van der Waals surface area contributed by atoms with Gasteiger partial charge in [0, 0.05) is 34.1 Å². The van der Waals surface area contributed by atoms with E-state index in [0.717, 1.165) is 20.7 Å². The number of halogens is 1. The number of rotatable bonds is 5. The van der Waals surface area contributed by atoms with E-state index in [4.69, 9.17) is 0 Å². The molecule has 0 aliphatic rings. The maximum absolute atomic E-state index is 9.88. The van der Waals surface area contributed by atoms with Crippen molar-refractivity contribution >= 4 is 32.2 Å². The van der Waals surface area contributed by atoms with Crippen LogP contribution in [0.2, 0.25) is 0 Å². The number of aliphatic hydroxyl groups excluding tert-OH is 2. The molecule has 0 atom stereocenters. The number of aromatic nitrogens is 2. The Labute approximate surface area is 134 Å². The predicted molar refractivity (Wildman–Crippen MR) is 86.8 cm³/mol. The van der Waals surface area contributed by atoms with Crippen LogP contribution >= 0.6 is 27.3 Å². The predicted octanol–water partition coefficient (Wildman–Crippen LogP) is 2.62. The molecule has 2 aromatic heterocycles. The van der Waals surface area contributed by atoms with Crippen LogP contribution in [0, 0.1) is 0 Å². The van der Waals surface area contributed by atoms with Gasteiger partial charge >= 0.3 is 0 Å². The number of thiazole rings is 1. The normalized spacial score (nSPS) is 12.1. The van der Waals surface area contributed by atoms with Gasteiger partial charge in [-0.15, -0.1) is 11.3 Å². The summed E-state index contributed by atoms with van der Waals surface area (Å²) in [5.74, 6) is 0. The van der Waals surface area contributed by atoms with E-state index in [1.54, 1.807) is 11.3 Å². The molecule has 2 N–H and O–H groups in total. The van der Waals surface area contributed by atoms with Crippen molar-refractivity contribution in [3.63, 3.8) is 0 Å². The number of nitrogens with zero attached hydrogens (tertiary/aromatic N) is 2. The minimum absolute atomic E-state index is 0.129. The summed E-state index contributed by atoms with van der Waals surface area (Å²) in [5, 5.41) is 21.7. The van der Waals surface area contributed by atoms with Gasteiger partial charge in [-0.2, -0.15) is 0 Å². The van der Waals surface area contributed by atoms with Crippen molar-refractivity contribution in [2.24, 2.45) is 0 Å². The summed E-state index contributed by atoms with van der Waals surface area (Å²) in [6.07, 6.45) is 4.40. The molecule has 0 aliphatic heterocycles. The maximum atomic E-state index is 9.88. The molecule has 0 fully saturated rings. The smallest absolute Gasteiger partial charge is 0.193 e. The van der Waals surface area contributed by atoms with Crippen LogP contribution in [0.4, 0.5) is 0 Å². The molecular weight excluding hydrogens is 352 g/mol. The number of hydrogen-bond acceptors (Lipinski definition) is 4. The largest absolute Gasteiger partial charge is 0.395 e. The summed E-state index contributed by atoms with van der Waals surface area (Å²) >= 11 is 4.97. The molecule has 0 aliphatic carbocycles. The zero-order valence-corrected chi connectivity index (χ0v) is 13.6. The van der Waals surface area contributed by atoms with Crippen molar-refractivity contribution in [3.8, 4) is 0 Å². The van der Waals surface area contributed by atoms with E-state index in [1.807, 2.05) is 46.4 Å². The fraction of sp³-hybridized carbons (Fsp3) is 0.267. The minimum atomic E-state index is -0.718. The van der Waals surface area contributed by atoms with Crippen LogP contribution in [0.15, 0.2) is 46.5 Å². The summed E-state index contributed by atoms with van der Waals surface area (Å²) in [6, 6.07) is 7.69. The summed E-state index contributed by atoms with van der Waals surface area (Å²) in [5.41, 5.74) is 1.06. The van der Waals surface area contributed by atoms with E-state index in [0.29, 0.717) is 6.42 Å². The third kappa shape index (κ3) is 2.76. The van der Waals surface area contributed by atoms with Crippen LogP contribution in [0.25, 0.3) is 4.96 Å². The molecule has 21 heavy (non-hydrogen) atoms. The highest BCUT2D eigenvalue weighted by Gasteiger charge is 2.32. The Bertz CT molecular complexity index is 703. The van der Waals surface area contributed by atoms with Gasteiger partial charge in [0.25, 0.3) is 0 Å². The summed E-state index contributed by atoms with van der Waals surface area (Å²) in [7, 11) is 0. The van der Waals surface area contributed by atoms with Crippen LogP contribution in [0.3, 0.4) is 0 Å². The summed E-state index contributed by atoms with van der Waals surface area (Å²) in [6.45, 7) is -0.257. The molecule has 6 heteroatoms. The zero-order valence-electron chi connectivity index (χ0n) is 11.2. The Morgan fingerprint density at radius 2 is 1.90 bits per heavy atom. The third-order valence-electron chi connectivity index (χ3n) is 3.72. The minimum Gasteiger partial charge on any atom is -0.395 e. The number of aliphatic hydroxyl groups is 2. The molecule has 1 aromatic carbocycles. The van der Waals surface area contributed by atoms with Crippen molar-refractivity contribution in [2.45, 2.75) is 11.8 Å². The van der Waals surface area contributed by atoms with Crippen molar-refractivity contribution < 1.29 is 10.2 Å². The van der Waals surface area contributed by atoms with Crippen molar-refractivity contribution in [1.82, 2.24) is 9.38 Å². The van der Waals surface area contributed by atoms with E-state index < -0.39 is 5.41 Å². The van der Waals surface area contributed by atoms with Gasteiger partial charge in [-0.1, -0.05) is 28.1 Å². The highest BCUT2D eigenvalue weighted by molar-refractivity contribution is 9.10. The van der Waals surface area contributed by atoms with E-state index in [1.165, 1.54) is 0 Å². The summed E-state index contributed by atoms with van der Waals surface area (Å²) < 4.78 is 2.93. The molecule has 0 amide bonds. The molecule has 0 saturated heterocycles. The molecule has 3 rings (SSSR count). The molecule has 2 heterocycles. The van der Waals surface area contributed by atoms with Crippen LogP contribution in [0.1, 0.15) is 11.3 Å². The highest BCUT2D eigenvalue weighted by Crippen LogP contribution is 2.29. The Balaban J connectivity index is 1.96. The van der Waals surface area contributed by atoms with E-state index in [9.17, 15) is 10.2 Å². The molecular formula is C15H15BrN2O2S. The number of hydrogen-bond donors (Lipinski definition) is 2. The average molecular weight is 367 g/mol. The lowest BCUT2D eigenvalue weighted by atomic mass is 9.78. The number of imidazole rings is 1. The van der Waals surface area contributed by atoms with Gasteiger partial charge in [-0.05, 0) is 17.7 Å². The first-order valence-corrected chi connectivity index (χ1v) is 8.23. The lowest BCUT2D eigenvalue weighted by molar-refractivity contribution is 0.115. The second-order valence-corrected chi connectivity index (χ2v) is 6.89. The lowest BCUT2D eigenvalue weighted by Crippen LogP contribution is -2.37. The Morgan fingerprint density at radius 1 is 1.19 bits per heavy atom. The average Bonchev–Trinajstić information content (AvgIpc) is 3.07. The Hall–Kier alpha value is -1.21. The monoisotopic (exact) mass is 366 g/mol. The standard InChI is InChI=1S/C15H15BrN2O2S/c16-12-3-1-11(2-4-12)15(9-19,10-20)7-13-8-18-5-6-21-14(18)17-13/h1-6,8,19-20H,7,9-10H2. The molecule has 0 spiro atoms. The van der Waals surface area contributed by atoms with E-state index >= 15 is 0 Å². The highest BCUT2D eigenvalue weighted by atomic mass is 79.9. The van der Waals surface area contributed by atoms with Crippen molar-refractivity contribution in [2.75, 3.05) is 13.2 Å². The SMILES string of the molecule is OCC(CO)(Cc1cn2ccsc2n1)c1ccc(Br)cc1. The zero-order chi connectivity index (χ0) is 14.9. The van der Waals surface area contributed by atoms with Crippen LogP contribution < -0.4 is 0 Å². The van der Waals surface area contributed by atoms with Crippen LogP contribution in [-0.2, 0) is 11.8 Å². The second kappa shape index (κ2) is 5.88. The molecule has 4 nitrogen and oxygen atoms in total. The summed E-state index contributed by atoms with van der Waals surface area (Å²) in [4.78, 5) is 5.47. The Kier molecular flexibility index (Phi) is 4.12. The van der Waals surface area contributed by atoms with Gasteiger partial charge in [-0.3, -0.25) is 4.40 Å². The Morgan fingerprint density at radius 3 is 2.52 bits per heavy atom. The third-order valence-corrected chi connectivity index (χ3v) is 5.02. The molecule has 110 valence electrons. The first kappa shape index (κ1) is 14.7. The van der Waals surface area contributed by atoms with Gasteiger partial charge in [0.15, 0.2) is 4.96 Å². The number of benzene rings is 1. The topological polar surface area (TPSA) is 57.8 Å². The van der Waals surface area contributed by atoms with Crippen molar-refractivity contribution in [3.05, 3.63) is 57.8 Å². The molecule has 3 aromatic rings. The molecule has 0 saturated carbocycles. The van der Waals surface area contributed by atoms with Crippen LogP contribution in [-0.4, -0.2) is 32.8 Å². The fourth-order valence-corrected chi connectivity index (χ4v) is 3.44. The molecule has 0 radical (unpaired) electrons. The van der Waals surface area contributed by atoms with E-state index in [-0.39, 0.29) is 13.2 Å². The van der Waals surface area contributed by atoms with E-state index in [2.05, 4.69) is 20.9 Å². The first-order valence-electron chi connectivity index (χ1n) is 6.56.